The lowest BCUT2D eigenvalue weighted by molar-refractivity contribution is -0.119. The Morgan fingerprint density at radius 3 is 2.60 bits per heavy atom. The van der Waals surface area contributed by atoms with E-state index in [1.165, 1.54) is 6.07 Å². The van der Waals surface area contributed by atoms with Gasteiger partial charge in [-0.2, -0.15) is 0 Å². The van der Waals surface area contributed by atoms with E-state index in [0.717, 1.165) is 28.4 Å². The van der Waals surface area contributed by atoms with Crippen molar-refractivity contribution in [2.45, 2.75) is 25.7 Å². The average Bonchev–Trinajstić information content (AvgIpc) is 2.64. The van der Waals surface area contributed by atoms with Gasteiger partial charge in [-0.05, 0) is 40.5 Å². The van der Waals surface area contributed by atoms with Crippen LogP contribution in [0.4, 0.5) is 10.1 Å². The summed E-state index contributed by atoms with van der Waals surface area (Å²) in [6.07, 6.45) is 1.20. The van der Waals surface area contributed by atoms with E-state index in [1.54, 1.807) is 12.1 Å². The van der Waals surface area contributed by atoms with Gasteiger partial charge in [0.25, 0.3) is 0 Å². The second-order valence-corrected chi connectivity index (χ2v) is 6.54. The van der Waals surface area contributed by atoms with Gasteiger partial charge in [-0.25, -0.2) is 4.39 Å². The number of nitrogens with zero attached hydrogens (tertiary/aromatic N) is 1. The Kier molecular flexibility index (Phi) is 4.00. The number of benzene rings is 3. The number of anilines is 1. The van der Waals surface area contributed by atoms with Crippen molar-refractivity contribution in [3.8, 4) is 0 Å². The number of carbonyl (C=O) groups is 1. The van der Waals surface area contributed by atoms with Crippen molar-refractivity contribution < 1.29 is 9.18 Å². The molecule has 3 aromatic rings. The Hall–Kier alpha value is -2.68. The maximum Gasteiger partial charge on any atom is 0.227 e. The Bertz CT molecular complexity index is 950. The van der Waals surface area contributed by atoms with E-state index >= 15 is 0 Å². The van der Waals surface area contributed by atoms with Crippen molar-refractivity contribution in [1.29, 1.82) is 0 Å². The minimum absolute atomic E-state index is 0.0675. The first-order valence-electron chi connectivity index (χ1n) is 8.77. The van der Waals surface area contributed by atoms with E-state index < -0.39 is 0 Å². The number of amides is 1. The van der Waals surface area contributed by atoms with E-state index in [9.17, 15) is 9.18 Å². The van der Waals surface area contributed by atoms with Crippen LogP contribution in [0.15, 0.2) is 60.7 Å². The summed E-state index contributed by atoms with van der Waals surface area (Å²) in [4.78, 5) is 14.6. The first kappa shape index (κ1) is 15.8. The van der Waals surface area contributed by atoms with E-state index in [1.807, 2.05) is 35.2 Å². The number of rotatable bonds is 3. The smallest absolute Gasteiger partial charge is 0.227 e. The molecule has 0 bridgehead atoms. The highest BCUT2D eigenvalue weighted by atomic mass is 19.1. The standard InChI is InChI=1S/C22H20FNO/c1-2-13-24-20-12-11-15-7-3-4-8-16(15)22(20)18(14-21(24)25)17-9-5-6-10-19(17)23/h3-12,18H,2,13-14H2,1H3. The fourth-order valence-corrected chi connectivity index (χ4v) is 3.90. The van der Waals surface area contributed by atoms with Gasteiger partial charge >= 0.3 is 0 Å². The highest BCUT2D eigenvalue weighted by Crippen LogP contribution is 2.44. The molecule has 0 aliphatic carbocycles. The summed E-state index contributed by atoms with van der Waals surface area (Å²) >= 11 is 0. The van der Waals surface area contributed by atoms with E-state index in [0.29, 0.717) is 18.5 Å². The largest absolute Gasteiger partial charge is 0.312 e. The van der Waals surface area contributed by atoms with Gasteiger partial charge in [-0.1, -0.05) is 55.5 Å². The zero-order valence-electron chi connectivity index (χ0n) is 14.2. The van der Waals surface area contributed by atoms with Crippen molar-refractivity contribution in [2.24, 2.45) is 0 Å². The van der Waals surface area contributed by atoms with Crippen LogP contribution < -0.4 is 4.90 Å². The highest BCUT2D eigenvalue weighted by molar-refractivity contribution is 6.03. The SMILES string of the molecule is CCCN1C(=O)CC(c2ccccc2F)c2c1ccc1ccccc21. The highest BCUT2D eigenvalue weighted by Gasteiger charge is 2.34. The summed E-state index contributed by atoms with van der Waals surface area (Å²) in [6, 6.07) is 19.0. The third-order valence-corrected chi connectivity index (χ3v) is 4.99. The predicted molar refractivity (Wildman–Crippen MR) is 99.5 cm³/mol. The summed E-state index contributed by atoms with van der Waals surface area (Å²) in [6.45, 7) is 2.76. The summed E-state index contributed by atoms with van der Waals surface area (Å²) in [7, 11) is 0. The molecule has 0 radical (unpaired) electrons. The van der Waals surface area contributed by atoms with E-state index in [4.69, 9.17) is 0 Å². The van der Waals surface area contributed by atoms with Crippen LogP contribution in [0, 0.1) is 5.82 Å². The first-order valence-corrected chi connectivity index (χ1v) is 8.77. The zero-order chi connectivity index (χ0) is 17.4. The minimum Gasteiger partial charge on any atom is -0.312 e. The zero-order valence-corrected chi connectivity index (χ0v) is 14.2. The number of hydrogen-bond donors (Lipinski definition) is 0. The molecule has 1 unspecified atom stereocenters. The summed E-state index contributed by atoms with van der Waals surface area (Å²) in [5.41, 5.74) is 2.59. The van der Waals surface area contributed by atoms with Crippen LogP contribution in [0.1, 0.15) is 36.8 Å². The molecule has 0 aromatic heterocycles. The molecule has 2 nitrogen and oxygen atoms in total. The van der Waals surface area contributed by atoms with Crippen LogP contribution in [-0.4, -0.2) is 12.5 Å². The van der Waals surface area contributed by atoms with Crippen molar-refractivity contribution in [1.82, 2.24) is 0 Å². The molecule has 25 heavy (non-hydrogen) atoms. The topological polar surface area (TPSA) is 20.3 Å². The van der Waals surface area contributed by atoms with Crippen molar-refractivity contribution >= 4 is 22.4 Å². The molecule has 1 aliphatic heterocycles. The molecule has 3 aromatic carbocycles. The number of fused-ring (bicyclic) bond motifs is 3. The van der Waals surface area contributed by atoms with E-state index in [2.05, 4.69) is 19.1 Å². The molecule has 0 fully saturated rings. The Labute approximate surface area is 146 Å². The maximum absolute atomic E-state index is 14.5. The quantitative estimate of drug-likeness (QED) is 0.640. The first-order chi connectivity index (χ1) is 12.2. The second-order valence-electron chi connectivity index (χ2n) is 6.54. The normalized spacial score (nSPS) is 17.0. The Morgan fingerprint density at radius 1 is 1.04 bits per heavy atom. The Balaban J connectivity index is 2.00. The van der Waals surface area contributed by atoms with Gasteiger partial charge in [0, 0.05) is 24.6 Å². The molecule has 1 heterocycles. The van der Waals surface area contributed by atoms with E-state index in [-0.39, 0.29) is 17.6 Å². The van der Waals surface area contributed by atoms with Gasteiger partial charge in [-0.3, -0.25) is 4.79 Å². The monoisotopic (exact) mass is 333 g/mol. The van der Waals surface area contributed by atoms with Gasteiger partial charge in [0.15, 0.2) is 0 Å². The average molecular weight is 333 g/mol. The van der Waals surface area contributed by atoms with Crippen LogP contribution in [-0.2, 0) is 4.79 Å². The molecule has 0 saturated carbocycles. The summed E-state index contributed by atoms with van der Waals surface area (Å²) in [5.74, 6) is -0.427. The second kappa shape index (κ2) is 6.32. The molecule has 0 spiro atoms. The molecule has 1 atom stereocenters. The van der Waals surface area contributed by atoms with Crippen LogP contribution in [0.5, 0.6) is 0 Å². The molecule has 126 valence electrons. The van der Waals surface area contributed by atoms with Crippen molar-refractivity contribution in [3.63, 3.8) is 0 Å². The van der Waals surface area contributed by atoms with Gasteiger partial charge in [-0.15, -0.1) is 0 Å². The van der Waals surface area contributed by atoms with Gasteiger partial charge < -0.3 is 4.90 Å². The molecule has 3 heteroatoms. The lowest BCUT2D eigenvalue weighted by Crippen LogP contribution is -2.37. The predicted octanol–water partition coefficient (Wildman–Crippen LogP) is 5.26. The van der Waals surface area contributed by atoms with Crippen LogP contribution in [0.2, 0.25) is 0 Å². The summed E-state index contributed by atoms with van der Waals surface area (Å²) < 4.78 is 14.5. The van der Waals surface area contributed by atoms with Crippen molar-refractivity contribution in [2.75, 3.05) is 11.4 Å². The molecule has 1 aliphatic rings. The lowest BCUT2D eigenvalue weighted by Gasteiger charge is -2.35. The molecule has 0 saturated heterocycles. The number of carbonyl (C=O) groups excluding carboxylic acids is 1. The van der Waals surface area contributed by atoms with Crippen molar-refractivity contribution in [3.05, 3.63) is 77.6 Å². The third kappa shape index (κ3) is 2.60. The van der Waals surface area contributed by atoms with Gasteiger partial charge in [0.1, 0.15) is 5.82 Å². The summed E-state index contributed by atoms with van der Waals surface area (Å²) in [5, 5.41) is 2.22. The lowest BCUT2D eigenvalue weighted by atomic mass is 9.81. The fraction of sp³-hybridized carbons (Fsp3) is 0.227. The molecule has 0 N–H and O–H groups in total. The van der Waals surface area contributed by atoms with Gasteiger partial charge in [0.2, 0.25) is 5.91 Å². The van der Waals surface area contributed by atoms with Gasteiger partial charge in [0.05, 0.1) is 0 Å². The third-order valence-electron chi connectivity index (χ3n) is 4.99. The van der Waals surface area contributed by atoms with Crippen LogP contribution in [0.25, 0.3) is 10.8 Å². The maximum atomic E-state index is 14.5. The Morgan fingerprint density at radius 2 is 1.80 bits per heavy atom. The van der Waals surface area contributed by atoms with Crippen LogP contribution in [0.3, 0.4) is 0 Å². The fourth-order valence-electron chi connectivity index (χ4n) is 3.90. The molecular formula is C22H20FNO. The number of halogens is 1. The molecule has 1 amide bonds. The van der Waals surface area contributed by atoms with Crippen LogP contribution >= 0.6 is 0 Å². The number of hydrogen-bond acceptors (Lipinski definition) is 1. The molecular weight excluding hydrogens is 313 g/mol. The molecule has 4 rings (SSSR count). The minimum atomic E-state index is -0.247.